The zero-order chi connectivity index (χ0) is 13.7. The summed E-state index contributed by atoms with van der Waals surface area (Å²) in [6.45, 7) is 0.389. The predicted octanol–water partition coefficient (Wildman–Crippen LogP) is 1.35. The summed E-state index contributed by atoms with van der Waals surface area (Å²) in [6, 6.07) is 3.32. The zero-order valence-electron chi connectivity index (χ0n) is 10.3. The number of carbonyl (C=O) groups excluding carboxylic acids is 1. The van der Waals surface area contributed by atoms with Gasteiger partial charge in [-0.3, -0.25) is 4.79 Å². The molecule has 1 unspecified atom stereocenters. The van der Waals surface area contributed by atoms with Crippen LogP contribution >= 0.6 is 11.3 Å². The second-order valence-corrected chi connectivity index (χ2v) is 4.67. The van der Waals surface area contributed by atoms with Gasteiger partial charge in [-0.25, -0.2) is 0 Å². The van der Waals surface area contributed by atoms with E-state index in [9.17, 15) is 9.90 Å². The van der Waals surface area contributed by atoms with Crippen LogP contribution in [0.3, 0.4) is 0 Å². The van der Waals surface area contributed by atoms with Crippen molar-refractivity contribution in [3.05, 3.63) is 39.9 Å². The van der Waals surface area contributed by atoms with Crippen molar-refractivity contribution in [3.8, 4) is 0 Å². The Kier molecular flexibility index (Phi) is 4.67. The molecule has 0 bridgehead atoms. The first-order valence-electron chi connectivity index (χ1n) is 5.63. The van der Waals surface area contributed by atoms with E-state index >= 15 is 0 Å². The van der Waals surface area contributed by atoms with Crippen LogP contribution in [0, 0.1) is 0 Å². The van der Waals surface area contributed by atoms with E-state index in [-0.39, 0.29) is 24.8 Å². The molecule has 0 saturated heterocycles. The van der Waals surface area contributed by atoms with Crippen LogP contribution in [0.2, 0.25) is 0 Å². The van der Waals surface area contributed by atoms with Crippen LogP contribution in [0.25, 0.3) is 0 Å². The number of hydrogen-bond donors (Lipinski definition) is 2. The van der Waals surface area contributed by atoms with Gasteiger partial charge in [0.2, 0.25) is 0 Å². The largest absolute Gasteiger partial charge is 0.387 e. The molecule has 0 fully saturated rings. The number of aliphatic hydroxyl groups excluding tert-OH is 1. The van der Waals surface area contributed by atoms with Gasteiger partial charge >= 0.3 is 0 Å². The maximum absolute atomic E-state index is 11.8. The first-order chi connectivity index (χ1) is 9.20. The van der Waals surface area contributed by atoms with Crippen LogP contribution in [-0.4, -0.2) is 29.8 Å². The normalized spacial score (nSPS) is 12.3. The third-order valence-electron chi connectivity index (χ3n) is 2.46. The average molecular weight is 282 g/mol. The van der Waals surface area contributed by atoms with Crippen LogP contribution in [0.15, 0.2) is 27.4 Å². The number of rotatable bonds is 6. The lowest BCUT2D eigenvalue weighted by Gasteiger charge is -2.09. The Labute approximate surface area is 114 Å². The summed E-state index contributed by atoms with van der Waals surface area (Å²) in [5.74, 6) is 0.0893. The molecule has 0 saturated carbocycles. The van der Waals surface area contributed by atoms with Gasteiger partial charge in [0.25, 0.3) is 5.91 Å². The highest BCUT2D eigenvalue weighted by molar-refractivity contribution is 7.07. The summed E-state index contributed by atoms with van der Waals surface area (Å²) in [4.78, 5) is 11.8. The summed E-state index contributed by atoms with van der Waals surface area (Å²) in [6.07, 6.45) is -0.722. The number of thiophene rings is 1. The second kappa shape index (κ2) is 6.46. The SMILES string of the molecule is COCc1cc(C(=O)NCC(O)c2ccsc2)no1. The summed E-state index contributed by atoms with van der Waals surface area (Å²) >= 11 is 1.49. The topological polar surface area (TPSA) is 84.6 Å². The highest BCUT2D eigenvalue weighted by atomic mass is 32.1. The number of aromatic nitrogens is 1. The standard InChI is InChI=1S/C12H14N2O4S/c1-17-6-9-4-10(14-18-9)12(16)13-5-11(15)8-2-3-19-7-8/h2-4,7,11,15H,5-6H2,1H3,(H,13,16). The van der Waals surface area contributed by atoms with Gasteiger partial charge in [-0.15, -0.1) is 0 Å². The van der Waals surface area contributed by atoms with Gasteiger partial charge in [0.05, 0.1) is 6.10 Å². The minimum atomic E-state index is -0.722. The third-order valence-corrected chi connectivity index (χ3v) is 3.16. The molecule has 2 N–H and O–H groups in total. The lowest BCUT2D eigenvalue weighted by atomic mass is 10.2. The summed E-state index contributed by atoms with van der Waals surface area (Å²) in [5, 5.41) is 19.8. The molecule has 2 aromatic rings. The van der Waals surface area contributed by atoms with Crippen molar-refractivity contribution >= 4 is 17.2 Å². The van der Waals surface area contributed by atoms with Crippen molar-refractivity contribution in [2.75, 3.05) is 13.7 Å². The number of methoxy groups -OCH3 is 1. The summed E-state index contributed by atoms with van der Waals surface area (Å²) in [7, 11) is 1.53. The zero-order valence-corrected chi connectivity index (χ0v) is 11.1. The molecule has 0 radical (unpaired) electrons. The summed E-state index contributed by atoms with van der Waals surface area (Å²) in [5.41, 5.74) is 0.954. The summed E-state index contributed by atoms with van der Waals surface area (Å²) < 4.78 is 9.77. The second-order valence-electron chi connectivity index (χ2n) is 3.89. The minimum Gasteiger partial charge on any atom is -0.387 e. The molecular weight excluding hydrogens is 268 g/mol. The van der Waals surface area contributed by atoms with Crippen LogP contribution < -0.4 is 5.32 Å². The molecule has 6 nitrogen and oxygen atoms in total. The Morgan fingerprint density at radius 1 is 1.68 bits per heavy atom. The average Bonchev–Trinajstić information content (AvgIpc) is 3.06. The van der Waals surface area contributed by atoms with Crippen molar-refractivity contribution in [1.29, 1.82) is 0 Å². The Bertz CT molecular complexity index is 524. The van der Waals surface area contributed by atoms with E-state index in [1.807, 2.05) is 16.8 Å². The molecule has 0 aromatic carbocycles. The number of nitrogens with one attached hydrogen (secondary N) is 1. The van der Waals surface area contributed by atoms with Crippen molar-refractivity contribution < 1.29 is 19.2 Å². The number of amides is 1. The molecule has 7 heteroatoms. The third kappa shape index (κ3) is 3.63. The van der Waals surface area contributed by atoms with Crippen LogP contribution in [0.4, 0.5) is 0 Å². The number of hydrogen-bond acceptors (Lipinski definition) is 6. The molecule has 1 amide bonds. The Morgan fingerprint density at radius 3 is 3.21 bits per heavy atom. The molecule has 2 heterocycles. The minimum absolute atomic E-state index is 0.127. The van der Waals surface area contributed by atoms with Gasteiger partial charge in [-0.05, 0) is 22.4 Å². The molecule has 102 valence electrons. The van der Waals surface area contributed by atoms with Crippen LogP contribution in [-0.2, 0) is 11.3 Å². The van der Waals surface area contributed by atoms with Crippen molar-refractivity contribution in [2.45, 2.75) is 12.7 Å². The molecule has 0 aliphatic carbocycles. The van der Waals surface area contributed by atoms with E-state index in [0.717, 1.165) is 5.56 Å². The Balaban J connectivity index is 1.86. The fourth-order valence-corrected chi connectivity index (χ4v) is 2.20. The maximum Gasteiger partial charge on any atom is 0.273 e. The van der Waals surface area contributed by atoms with Gasteiger partial charge in [-0.1, -0.05) is 5.16 Å². The number of carbonyl (C=O) groups is 1. The first kappa shape index (κ1) is 13.7. The molecule has 2 aromatic heterocycles. The van der Waals surface area contributed by atoms with E-state index in [1.165, 1.54) is 24.5 Å². The van der Waals surface area contributed by atoms with Gasteiger partial charge in [0.15, 0.2) is 11.5 Å². The fraction of sp³-hybridized carbons (Fsp3) is 0.333. The molecule has 0 aliphatic rings. The van der Waals surface area contributed by atoms with Crippen molar-refractivity contribution in [1.82, 2.24) is 10.5 Å². The van der Waals surface area contributed by atoms with E-state index in [1.54, 1.807) is 0 Å². The van der Waals surface area contributed by atoms with Crippen molar-refractivity contribution in [2.24, 2.45) is 0 Å². The fourth-order valence-electron chi connectivity index (χ4n) is 1.49. The van der Waals surface area contributed by atoms with E-state index in [2.05, 4.69) is 10.5 Å². The Hall–Kier alpha value is -1.70. The van der Waals surface area contributed by atoms with Gasteiger partial charge in [0.1, 0.15) is 6.61 Å². The molecule has 0 aliphatic heterocycles. The predicted molar refractivity (Wildman–Crippen MR) is 68.8 cm³/mol. The van der Waals surface area contributed by atoms with Crippen molar-refractivity contribution in [3.63, 3.8) is 0 Å². The quantitative estimate of drug-likeness (QED) is 0.835. The number of ether oxygens (including phenoxy) is 1. The molecule has 1 atom stereocenters. The monoisotopic (exact) mass is 282 g/mol. The van der Waals surface area contributed by atoms with E-state index in [0.29, 0.717) is 5.76 Å². The van der Waals surface area contributed by atoms with E-state index in [4.69, 9.17) is 9.26 Å². The smallest absolute Gasteiger partial charge is 0.273 e. The van der Waals surface area contributed by atoms with Gasteiger partial charge < -0.3 is 19.7 Å². The molecule has 2 rings (SSSR count). The van der Waals surface area contributed by atoms with Crippen LogP contribution in [0.1, 0.15) is 27.9 Å². The maximum atomic E-state index is 11.8. The number of nitrogens with zero attached hydrogens (tertiary/aromatic N) is 1. The lowest BCUT2D eigenvalue weighted by Crippen LogP contribution is -2.28. The Morgan fingerprint density at radius 2 is 2.53 bits per heavy atom. The van der Waals surface area contributed by atoms with E-state index < -0.39 is 6.10 Å². The van der Waals surface area contributed by atoms with Crippen LogP contribution in [0.5, 0.6) is 0 Å². The number of aliphatic hydroxyl groups is 1. The van der Waals surface area contributed by atoms with Gasteiger partial charge in [-0.2, -0.15) is 11.3 Å². The lowest BCUT2D eigenvalue weighted by molar-refractivity contribution is 0.0907. The molecule has 19 heavy (non-hydrogen) atoms. The molecular formula is C12H14N2O4S. The highest BCUT2D eigenvalue weighted by Crippen LogP contribution is 2.15. The highest BCUT2D eigenvalue weighted by Gasteiger charge is 2.14. The van der Waals surface area contributed by atoms with Gasteiger partial charge in [0, 0.05) is 19.7 Å². The first-order valence-corrected chi connectivity index (χ1v) is 6.58. The molecule has 0 spiro atoms.